The van der Waals surface area contributed by atoms with Gasteiger partial charge in [0, 0.05) is 11.1 Å². The van der Waals surface area contributed by atoms with Crippen LogP contribution in [0, 0.1) is 18.3 Å². The minimum Gasteiger partial charge on any atom is -0.496 e. The van der Waals surface area contributed by atoms with Crippen molar-refractivity contribution >= 4 is 6.08 Å². The molecule has 0 atom stereocenters. The maximum absolute atomic E-state index is 8.75. The first kappa shape index (κ1) is 12.1. The van der Waals surface area contributed by atoms with Gasteiger partial charge in [-0.2, -0.15) is 5.26 Å². The van der Waals surface area contributed by atoms with Crippen LogP contribution in [0.15, 0.2) is 17.7 Å². The number of rotatable bonds is 3. The summed E-state index contributed by atoms with van der Waals surface area (Å²) in [4.78, 5) is 0. The van der Waals surface area contributed by atoms with E-state index in [1.54, 1.807) is 27.2 Å². The van der Waals surface area contributed by atoms with Crippen LogP contribution >= 0.6 is 0 Å². The van der Waals surface area contributed by atoms with E-state index in [9.17, 15) is 0 Å². The summed E-state index contributed by atoms with van der Waals surface area (Å²) in [6.45, 7) is 3.71. The number of nitrogens with zero attached hydrogens (tertiary/aromatic N) is 1. The first-order valence-corrected chi connectivity index (χ1v) is 4.93. The van der Waals surface area contributed by atoms with Crippen molar-refractivity contribution in [1.29, 1.82) is 5.26 Å². The molecule has 0 aliphatic heterocycles. The SMILES string of the molecule is COc1cc(/C=C(\C)C#N)c(OC)cc1C. The second kappa shape index (κ2) is 5.22. The van der Waals surface area contributed by atoms with E-state index in [2.05, 4.69) is 6.07 Å². The lowest BCUT2D eigenvalue weighted by molar-refractivity contribution is 0.400. The number of methoxy groups -OCH3 is 2. The van der Waals surface area contributed by atoms with Crippen molar-refractivity contribution in [2.24, 2.45) is 0 Å². The maximum Gasteiger partial charge on any atom is 0.126 e. The number of benzene rings is 1. The smallest absolute Gasteiger partial charge is 0.126 e. The van der Waals surface area contributed by atoms with E-state index >= 15 is 0 Å². The molecule has 3 nitrogen and oxygen atoms in total. The van der Waals surface area contributed by atoms with Crippen LogP contribution < -0.4 is 9.47 Å². The van der Waals surface area contributed by atoms with Crippen LogP contribution in [-0.4, -0.2) is 14.2 Å². The van der Waals surface area contributed by atoms with E-state index < -0.39 is 0 Å². The quantitative estimate of drug-likeness (QED) is 0.731. The third-order valence-corrected chi connectivity index (χ3v) is 2.30. The Bertz CT molecular complexity index is 456. The van der Waals surface area contributed by atoms with Gasteiger partial charge in [0.15, 0.2) is 0 Å². The van der Waals surface area contributed by atoms with Crippen LogP contribution in [0.4, 0.5) is 0 Å². The monoisotopic (exact) mass is 217 g/mol. The van der Waals surface area contributed by atoms with E-state index in [0.717, 1.165) is 22.6 Å². The molecule has 1 aromatic rings. The summed E-state index contributed by atoms with van der Waals surface area (Å²) in [7, 11) is 3.24. The number of nitriles is 1. The zero-order valence-corrected chi connectivity index (χ0v) is 10.00. The fourth-order valence-corrected chi connectivity index (χ4v) is 1.45. The molecule has 0 spiro atoms. The van der Waals surface area contributed by atoms with E-state index in [4.69, 9.17) is 14.7 Å². The molecule has 0 aromatic heterocycles. The Morgan fingerprint density at radius 3 is 2.38 bits per heavy atom. The van der Waals surface area contributed by atoms with Crippen molar-refractivity contribution in [3.8, 4) is 17.6 Å². The first-order chi connectivity index (χ1) is 7.62. The highest BCUT2D eigenvalue weighted by Gasteiger charge is 2.06. The van der Waals surface area contributed by atoms with E-state index in [0.29, 0.717) is 5.57 Å². The molecule has 16 heavy (non-hydrogen) atoms. The Hall–Kier alpha value is -1.95. The van der Waals surface area contributed by atoms with Crippen LogP contribution in [0.5, 0.6) is 11.5 Å². The highest BCUT2D eigenvalue weighted by atomic mass is 16.5. The molecule has 1 rings (SSSR count). The predicted octanol–water partition coefficient (Wildman–Crippen LogP) is 2.94. The largest absolute Gasteiger partial charge is 0.496 e. The fraction of sp³-hybridized carbons (Fsp3) is 0.308. The molecule has 1 aromatic carbocycles. The highest BCUT2D eigenvalue weighted by molar-refractivity contribution is 5.65. The summed E-state index contributed by atoms with van der Waals surface area (Å²) in [6, 6.07) is 5.85. The molecule has 0 amide bonds. The topological polar surface area (TPSA) is 42.2 Å². The molecule has 0 N–H and O–H groups in total. The lowest BCUT2D eigenvalue weighted by atomic mass is 10.1. The Morgan fingerprint density at radius 2 is 1.88 bits per heavy atom. The van der Waals surface area contributed by atoms with Gasteiger partial charge in [0.2, 0.25) is 0 Å². The third-order valence-electron chi connectivity index (χ3n) is 2.30. The van der Waals surface area contributed by atoms with Gasteiger partial charge >= 0.3 is 0 Å². The average Bonchev–Trinajstić information content (AvgIpc) is 2.30. The summed E-state index contributed by atoms with van der Waals surface area (Å²) in [5.74, 6) is 1.53. The maximum atomic E-state index is 8.75. The van der Waals surface area contributed by atoms with Crippen LogP contribution in [0.3, 0.4) is 0 Å². The molecular formula is C13H15NO2. The number of ether oxygens (including phenoxy) is 2. The molecule has 0 saturated heterocycles. The average molecular weight is 217 g/mol. The van der Waals surface area contributed by atoms with Crippen molar-refractivity contribution < 1.29 is 9.47 Å². The first-order valence-electron chi connectivity index (χ1n) is 4.93. The molecule has 0 radical (unpaired) electrons. The summed E-state index contributed by atoms with van der Waals surface area (Å²) >= 11 is 0. The molecule has 3 heteroatoms. The van der Waals surface area contributed by atoms with Gasteiger partial charge in [-0.1, -0.05) is 0 Å². The Balaban J connectivity index is 3.32. The standard InChI is InChI=1S/C13H15NO2/c1-9(8-14)5-11-7-12(15-3)10(2)6-13(11)16-4/h5-7H,1-4H3/b9-5+. The van der Waals surface area contributed by atoms with Gasteiger partial charge in [-0.05, 0) is 37.6 Å². The highest BCUT2D eigenvalue weighted by Crippen LogP contribution is 2.29. The summed E-state index contributed by atoms with van der Waals surface area (Å²) in [5.41, 5.74) is 2.49. The molecule has 84 valence electrons. The minimum absolute atomic E-state index is 0.629. The lowest BCUT2D eigenvalue weighted by Crippen LogP contribution is -1.93. The molecule has 0 fully saturated rings. The number of hydrogen-bond acceptors (Lipinski definition) is 3. The van der Waals surface area contributed by atoms with E-state index in [-0.39, 0.29) is 0 Å². The lowest BCUT2D eigenvalue weighted by Gasteiger charge is -2.10. The summed E-state index contributed by atoms with van der Waals surface area (Å²) in [6.07, 6.45) is 1.78. The van der Waals surface area contributed by atoms with Gasteiger partial charge in [0.05, 0.1) is 20.3 Å². The Morgan fingerprint density at radius 1 is 1.25 bits per heavy atom. The van der Waals surface area contributed by atoms with Crippen molar-refractivity contribution in [3.05, 3.63) is 28.8 Å². The van der Waals surface area contributed by atoms with Gasteiger partial charge in [-0.3, -0.25) is 0 Å². The number of allylic oxidation sites excluding steroid dienone is 1. The number of hydrogen-bond donors (Lipinski definition) is 0. The third kappa shape index (κ3) is 2.54. The molecule has 0 aliphatic carbocycles. The Kier molecular flexibility index (Phi) is 3.96. The van der Waals surface area contributed by atoms with Crippen LogP contribution in [0.25, 0.3) is 6.08 Å². The molecule has 0 heterocycles. The van der Waals surface area contributed by atoms with E-state index in [1.165, 1.54) is 0 Å². The number of aryl methyl sites for hydroxylation is 1. The second-order valence-electron chi connectivity index (χ2n) is 3.50. The minimum atomic E-state index is 0.629. The summed E-state index contributed by atoms with van der Waals surface area (Å²) in [5, 5.41) is 8.75. The molecular weight excluding hydrogens is 202 g/mol. The van der Waals surface area contributed by atoms with Crippen molar-refractivity contribution in [3.63, 3.8) is 0 Å². The predicted molar refractivity (Wildman–Crippen MR) is 63.5 cm³/mol. The zero-order valence-electron chi connectivity index (χ0n) is 10.00. The van der Waals surface area contributed by atoms with Gasteiger partial charge < -0.3 is 9.47 Å². The van der Waals surface area contributed by atoms with Crippen molar-refractivity contribution in [1.82, 2.24) is 0 Å². The van der Waals surface area contributed by atoms with E-state index in [1.807, 2.05) is 19.1 Å². The van der Waals surface area contributed by atoms with Crippen LogP contribution in [-0.2, 0) is 0 Å². The second-order valence-corrected chi connectivity index (χ2v) is 3.50. The fourth-order valence-electron chi connectivity index (χ4n) is 1.45. The summed E-state index contributed by atoms with van der Waals surface area (Å²) < 4.78 is 10.5. The zero-order chi connectivity index (χ0) is 12.1. The van der Waals surface area contributed by atoms with Crippen molar-refractivity contribution in [2.75, 3.05) is 14.2 Å². The molecule has 0 saturated carbocycles. The molecule has 0 unspecified atom stereocenters. The van der Waals surface area contributed by atoms with Crippen LogP contribution in [0.1, 0.15) is 18.1 Å². The molecule has 0 aliphatic rings. The molecule has 0 bridgehead atoms. The van der Waals surface area contributed by atoms with Gasteiger partial charge in [0.25, 0.3) is 0 Å². The van der Waals surface area contributed by atoms with Crippen molar-refractivity contribution in [2.45, 2.75) is 13.8 Å². The Labute approximate surface area is 95.9 Å². The van der Waals surface area contributed by atoms with Gasteiger partial charge in [-0.25, -0.2) is 0 Å². The van der Waals surface area contributed by atoms with Crippen LogP contribution in [0.2, 0.25) is 0 Å². The normalized spacial score (nSPS) is 10.8. The van der Waals surface area contributed by atoms with Gasteiger partial charge in [-0.15, -0.1) is 0 Å². The van der Waals surface area contributed by atoms with Gasteiger partial charge in [0.1, 0.15) is 11.5 Å².